The molecule has 2 aliphatic rings. The van der Waals surface area contributed by atoms with E-state index in [0.29, 0.717) is 21.3 Å². The van der Waals surface area contributed by atoms with Crippen LogP contribution in [0.5, 0.6) is 0 Å². The molecule has 1 atom stereocenters. The Bertz CT molecular complexity index is 1110. The van der Waals surface area contributed by atoms with E-state index in [1.54, 1.807) is 12.1 Å². The van der Waals surface area contributed by atoms with Crippen LogP contribution in [0, 0.1) is 11.6 Å². The van der Waals surface area contributed by atoms with Gasteiger partial charge in [0.05, 0.1) is 10.6 Å². The maximum absolute atomic E-state index is 15.2. The topological polar surface area (TPSA) is 44.7 Å². The Hall–Kier alpha value is -2.67. The lowest BCUT2D eigenvalue weighted by atomic mass is 9.79. The number of fused-ring (bicyclic) bond motifs is 1. The summed E-state index contributed by atoms with van der Waals surface area (Å²) in [6.07, 6.45) is 3.54. The summed E-state index contributed by atoms with van der Waals surface area (Å²) in [6.45, 7) is 9.58. The summed E-state index contributed by atoms with van der Waals surface area (Å²) >= 11 is 1.15. The van der Waals surface area contributed by atoms with Crippen molar-refractivity contribution in [3.8, 4) is 0 Å². The van der Waals surface area contributed by atoms with Gasteiger partial charge in [-0.3, -0.25) is 4.79 Å². The van der Waals surface area contributed by atoms with Crippen LogP contribution in [0.25, 0.3) is 6.08 Å². The molecule has 4 nitrogen and oxygen atoms in total. The molecule has 1 amide bonds. The largest absolute Gasteiger partial charge is 0.366 e. The second kappa shape index (κ2) is 8.70. The number of nitrogens with one attached hydrogen (secondary N) is 1. The molecule has 32 heavy (non-hydrogen) atoms. The van der Waals surface area contributed by atoms with Crippen LogP contribution in [0.4, 0.5) is 20.2 Å². The van der Waals surface area contributed by atoms with Crippen LogP contribution in [0.15, 0.2) is 46.3 Å². The van der Waals surface area contributed by atoms with Crippen molar-refractivity contribution < 1.29 is 13.6 Å². The van der Waals surface area contributed by atoms with E-state index < -0.39 is 0 Å². The lowest BCUT2D eigenvalue weighted by Gasteiger charge is -2.47. The molecular formula is C25H27F2N3OS. The molecule has 0 bridgehead atoms. The standard InChI is InChI=1S/C25H27F2N3OS/c1-5-10-30-21-13-20(27)16(11-19(21)15(2)14-25(30,3)4)12-22-23(31)29-24(32-22)28-18-8-6-17(26)7-9-18/h6-9,11-13,15H,5,10,14H2,1-4H3,(H,28,29,31)/b22-12+. The molecule has 1 N–H and O–H groups in total. The number of halogens is 2. The summed E-state index contributed by atoms with van der Waals surface area (Å²) in [5, 5.41) is 3.08. The first-order valence-corrected chi connectivity index (χ1v) is 11.7. The molecule has 1 unspecified atom stereocenters. The molecule has 7 heteroatoms. The summed E-state index contributed by atoms with van der Waals surface area (Å²) in [6, 6.07) is 9.17. The van der Waals surface area contributed by atoms with E-state index in [-0.39, 0.29) is 29.0 Å². The smallest absolute Gasteiger partial charge is 0.264 e. The minimum atomic E-state index is -0.351. The van der Waals surface area contributed by atoms with E-state index in [1.165, 1.54) is 24.3 Å². The van der Waals surface area contributed by atoms with Gasteiger partial charge in [-0.1, -0.05) is 13.8 Å². The van der Waals surface area contributed by atoms with Crippen LogP contribution < -0.4 is 10.2 Å². The zero-order chi connectivity index (χ0) is 23.0. The van der Waals surface area contributed by atoms with Crippen molar-refractivity contribution in [2.45, 2.75) is 52.0 Å². The van der Waals surface area contributed by atoms with E-state index in [4.69, 9.17) is 0 Å². The third kappa shape index (κ3) is 4.44. The Kier molecular flexibility index (Phi) is 6.12. The van der Waals surface area contributed by atoms with Gasteiger partial charge >= 0.3 is 0 Å². The van der Waals surface area contributed by atoms with Crippen molar-refractivity contribution in [3.05, 3.63) is 64.1 Å². The molecule has 2 aromatic rings. The lowest BCUT2D eigenvalue weighted by molar-refractivity contribution is -0.115. The molecule has 2 aromatic carbocycles. The highest BCUT2D eigenvalue weighted by atomic mass is 32.2. The van der Waals surface area contributed by atoms with Crippen molar-refractivity contribution in [2.75, 3.05) is 11.4 Å². The van der Waals surface area contributed by atoms with E-state index >= 15 is 4.39 Å². The van der Waals surface area contributed by atoms with Gasteiger partial charge in [-0.05, 0) is 92.4 Å². The third-order valence-corrected chi connectivity index (χ3v) is 6.86. The zero-order valence-electron chi connectivity index (χ0n) is 18.7. The number of hydrogen-bond acceptors (Lipinski definition) is 4. The number of anilines is 1. The second-order valence-electron chi connectivity index (χ2n) is 8.96. The van der Waals surface area contributed by atoms with Crippen molar-refractivity contribution in [2.24, 2.45) is 4.99 Å². The first-order chi connectivity index (χ1) is 15.2. The van der Waals surface area contributed by atoms with Gasteiger partial charge in [-0.25, -0.2) is 13.8 Å². The minimum Gasteiger partial charge on any atom is -0.366 e. The average molecular weight is 456 g/mol. The zero-order valence-corrected chi connectivity index (χ0v) is 19.5. The molecule has 0 aromatic heterocycles. The molecule has 0 aliphatic carbocycles. The van der Waals surface area contributed by atoms with Crippen molar-refractivity contribution in [1.29, 1.82) is 0 Å². The summed E-state index contributed by atoms with van der Waals surface area (Å²) in [5.74, 6) is -0.739. The number of thioether (sulfide) groups is 1. The highest BCUT2D eigenvalue weighted by Crippen LogP contribution is 2.44. The van der Waals surface area contributed by atoms with Gasteiger partial charge in [0, 0.05) is 23.3 Å². The number of hydrogen-bond donors (Lipinski definition) is 1. The molecule has 4 rings (SSSR count). The SMILES string of the molecule is CCCN1c2cc(F)c(/C=C3/SC(=Nc4ccc(F)cc4)NC3=O)cc2C(C)CC1(C)C. The van der Waals surface area contributed by atoms with E-state index in [0.717, 1.165) is 42.4 Å². The number of aliphatic imine (C=N–C) groups is 1. The predicted molar refractivity (Wildman–Crippen MR) is 128 cm³/mol. The molecular weight excluding hydrogens is 428 g/mol. The van der Waals surface area contributed by atoms with Crippen LogP contribution in [0.1, 0.15) is 57.6 Å². The highest BCUT2D eigenvalue weighted by Gasteiger charge is 2.36. The van der Waals surface area contributed by atoms with Crippen LogP contribution in [-0.2, 0) is 4.79 Å². The Morgan fingerprint density at radius 3 is 2.66 bits per heavy atom. The van der Waals surface area contributed by atoms with Gasteiger partial charge in [-0.2, -0.15) is 0 Å². The quantitative estimate of drug-likeness (QED) is 0.546. The fraction of sp³-hybridized carbons (Fsp3) is 0.360. The van der Waals surface area contributed by atoms with Gasteiger partial charge < -0.3 is 10.2 Å². The summed E-state index contributed by atoms with van der Waals surface area (Å²) in [5.41, 5.74) is 2.93. The minimum absolute atomic E-state index is 0.0399. The number of benzene rings is 2. The molecule has 0 saturated carbocycles. The van der Waals surface area contributed by atoms with Crippen molar-refractivity contribution >= 4 is 40.3 Å². The average Bonchev–Trinajstić information content (AvgIpc) is 3.06. The number of carbonyl (C=O) groups excluding carboxylic acids is 1. The fourth-order valence-electron chi connectivity index (χ4n) is 4.53. The lowest BCUT2D eigenvalue weighted by Crippen LogP contribution is -2.48. The van der Waals surface area contributed by atoms with Crippen molar-refractivity contribution in [3.63, 3.8) is 0 Å². The highest BCUT2D eigenvalue weighted by molar-refractivity contribution is 8.18. The predicted octanol–water partition coefficient (Wildman–Crippen LogP) is 6.36. The van der Waals surface area contributed by atoms with E-state index in [2.05, 4.69) is 42.9 Å². The molecule has 0 radical (unpaired) electrons. The Morgan fingerprint density at radius 1 is 1.25 bits per heavy atom. The summed E-state index contributed by atoms with van der Waals surface area (Å²) in [4.78, 5) is 19.5. The second-order valence-corrected chi connectivity index (χ2v) is 9.99. The summed E-state index contributed by atoms with van der Waals surface area (Å²) < 4.78 is 28.2. The molecule has 168 valence electrons. The Morgan fingerprint density at radius 2 is 1.97 bits per heavy atom. The number of amidine groups is 1. The normalized spacial score (nSPS) is 22.4. The van der Waals surface area contributed by atoms with Gasteiger partial charge in [0.15, 0.2) is 5.17 Å². The molecule has 0 spiro atoms. The maximum Gasteiger partial charge on any atom is 0.264 e. The monoisotopic (exact) mass is 455 g/mol. The number of carbonyl (C=O) groups is 1. The Labute approximate surface area is 191 Å². The third-order valence-electron chi connectivity index (χ3n) is 5.95. The van der Waals surface area contributed by atoms with Gasteiger partial charge in [0.1, 0.15) is 11.6 Å². The van der Waals surface area contributed by atoms with Crippen LogP contribution in [-0.4, -0.2) is 23.2 Å². The number of amides is 1. The maximum atomic E-state index is 15.2. The molecule has 2 heterocycles. The molecule has 1 fully saturated rings. The van der Waals surface area contributed by atoms with Gasteiger partial charge in [-0.15, -0.1) is 0 Å². The summed E-state index contributed by atoms with van der Waals surface area (Å²) in [7, 11) is 0. The number of nitrogens with zero attached hydrogens (tertiary/aromatic N) is 2. The van der Waals surface area contributed by atoms with Gasteiger partial charge in [0.25, 0.3) is 5.91 Å². The Balaban J connectivity index is 1.65. The molecule has 1 saturated heterocycles. The molecule has 2 aliphatic heterocycles. The van der Waals surface area contributed by atoms with Gasteiger partial charge in [0.2, 0.25) is 0 Å². The van der Waals surface area contributed by atoms with Crippen LogP contribution >= 0.6 is 11.8 Å². The van der Waals surface area contributed by atoms with Crippen LogP contribution in [0.3, 0.4) is 0 Å². The first kappa shape index (κ1) is 22.5. The van der Waals surface area contributed by atoms with Crippen LogP contribution in [0.2, 0.25) is 0 Å². The number of rotatable bonds is 4. The van der Waals surface area contributed by atoms with Crippen molar-refractivity contribution in [1.82, 2.24) is 5.32 Å². The first-order valence-electron chi connectivity index (χ1n) is 10.8. The van der Waals surface area contributed by atoms with E-state index in [9.17, 15) is 9.18 Å². The fourth-order valence-corrected chi connectivity index (χ4v) is 5.37. The van der Waals surface area contributed by atoms with E-state index in [1.807, 2.05) is 6.07 Å².